The van der Waals surface area contributed by atoms with Crippen LogP contribution >= 0.6 is 0 Å². The quantitative estimate of drug-likeness (QED) is 0.588. The molecule has 1 aliphatic heterocycles. The van der Waals surface area contributed by atoms with Crippen molar-refractivity contribution in [3.63, 3.8) is 0 Å². The maximum Gasteiger partial charge on any atom is 0.408 e. The number of carboxylic acids is 1. The van der Waals surface area contributed by atoms with E-state index in [1.807, 2.05) is 13.1 Å². The summed E-state index contributed by atoms with van der Waals surface area (Å²) in [4.78, 5) is 28.1. The maximum atomic E-state index is 14.6. The van der Waals surface area contributed by atoms with Crippen LogP contribution in [-0.4, -0.2) is 78.0 Å². The Labute approximate surface area is 210 Å². The summed E-state index contributed by atoms with van der Waals surface area (Å²) in [5.41, 5.74) is 1.95. The number of nitrogens with zero attached hydrogens (tertiary/aromatic N) is 3. The largest absolute Gasteiger partial charge is 0.488 e. The zero-order chi connectivity index (χ0) is 26.0. The van der Waals surface area contributed by atoms with Gasteiger partial charge in [-0.3, -0.25) is 9.80 Å². The number of rotatable bonds is 7. The normalized spacial score (nSPS) is 26.1. The highest BCUT2D eigenvalue weighted by Gasteiger charge is 2.42. The zero-order valence-corrected chi connectivity index (χ0v) is 20.9. The summed E-state index contributed by atoms with van der Waals surface area (Å²) >= 11 is 0. The number of likely N-dealkylation sites (tertiary alicyclic amines) is 1. The molecule has 1 aliphatic carbocycles. The summed E-state index contributed by atoms with van der Waals surface area (Å²) in [6.45, 7) is -0.0806. The van der Waals surface area contributed by atoms with E-state index in [4.69, 9.17) is 4.74 Å². The van der Waals surface area contributed by atoms with Gasteiger partial charge in [0.2, 0.25) is 0 Å². The molecule has 0 aromatic heterocycles. The van der Waals surface area contributed by atoms with Crippen molar-refractivity contribution in [2.75, 3.05) is 32.6 Å². The molecule has 0 spiro atoms. The average Bonchev–Trinajstić information content (AvgIpc) is 3.28. The molecule has 0 unspecified atom stereocenters. The Morgan fingerprint density at radius 3 is 2.28 bits per heavy atom. The fraction of sp³-hybridized carbons (Fsp3) is 0.481. The lowest BCUT2D eigenvalue weighted by Crippen LogP contribution is -2.48. The van der Waals surface area contributed by atoms with Crippen LogP contribution in [-0.2, 0) is 10.3 Å². The van der Waals surface area contributed by atoms with Crippen molar-refractivity contribution in [2.45, 2.75) is 55.8 Å². The molecule has 4 rings (SSSR count). The molecule has 2 N–H and O–H groups in total. The standard InChI is InChI=1S/C27H34FN3O5/c1-29(2)27(18-7-5-4-6-8-18)11-9-20(10-12-27)30(3)21-13-19(28)14-22(15-21)36-23-16-24(25(32)33)31(17-23)26(34)35/h4-8,13-15,20,23-24H,9-12,16-17H2,1-3H3,(H,32,33)(H,34,35)/t20?,23-,24-,27?/m0/s1. The van der Waals surface area contributed by atoms with Gasteiger partial charge in [0.25, 0.3) is 0 Å². The topological polar surface area (TPSA) is 93.5 Å². The second kappa shape index (κ2) is 10.3. The Morgan fingerprint density at radius 2 is 1.72 bits per heavy atom. The molecule has 1 heterocycles. The molecular formula is C27H34FN3O5. The van der Waals surface area contributed by atoms with Gasteiger partial charge in [-0.1, -0.05) is 30.3 Å². The van der Waals surface area contributed by atoms with Gasteiger partial charge in [-0.05, 0) is 51.4 Å². The molecule has 36 heavy (non-hydrogen) atoms. The van der Waals surface area contributed by atoms with Gasteiger partial charge in [0, 0.05) is 42.9 Å². The smallest absolute Gasteiger partial charge is 0.408 e. The SMILES string of the molecule is CN(c1cc(F)cc(O[C@H]2C[C@@H](C(=O)O)N(C(=O)O)C2)c1)C1CCC(c2ccccc2)(N(C)C)CC1. The van der Waals surface area contributed by atoms with E-state index in [2.05, 4.69) is 48.2 Å². The van der Waals surface area contributed by atoms with Crippen LogP contribution in [0.15, 0.2) is 48.5 Å². The van der Waals surface area contributed by atoms with Crippen LogP contribution in [0.1, 0.15) is 37.7 Å². The predicted molar refractivity (Wildman–Crippen MR) is 134 cm³/mol. The van der Waals surface area contributed by atoms with Crippen molar-refractivity contribution in [2.24, 2.45) is 0 Å². The van der Waals surface area contributed by atoms with Crippen molar-refractivity contribution < 1.29 is 28.9 Å². The first-order valence-electron chi connectivity index (χ1n) is 12.3. The van der Waals surface area contributed by atoms with Gasteiger partial charge < -0.3 is 19.8 Å². The highest BCUT2D eigenvalue weighted by molar-refractivity contribution is 5.80. The number of aliphatic carboxylic acids is 1. The van der Waals surface area contributed by atoms with Gasteiger partial charge in [0.15, 0.2) is 0 Å². The molecule has 1 amide bonds. The average molecular weight is 500 g/mol. The predicted octanol–water partition coefficient (Wildman–Crippen LogP) is 4.25. The molecular weight excluding hydrogens is 465 g/mol. The number of ether oxygens (including phenoxy) is 1. The summed E-state index contributed by atoms with van der Waals surface area (Å²) in [6.07, 6.45) is 1.86. The molecule has 194 valence electrons. The third kappa shape index (κ3) is 5.11. The lowest BCUT2D eigenvalue weighted by atomic mass is 9.73. The summed E-state index contributed by atoms with van der Waals surface area (Å²) in [6, 6.07) is 14.1. The first kappa shape index (κ1) is 25.8. The van der Waals surface area contributed by atoms with E-state index in [1.54, 1.807) is 6.07 Å². The number of hydrogen-bond acceptors (Lipinski definition) is 5. The van der Waals surface area contributed by atoms with Crippen LogP contribution in [0.25, 0.3) is 0 Å². The molecule has 2 aromatic rings. The number of carboxylic acid groups (broad SMARTS) is 2. The number of benzene rings is 2. The van der Waals surface area contributed by atoms with E-state index < -0.39 is 30.0 Å². The van der Waals surface area contributed by atoms with Crippen LogP contribution in [0.3, 0.4) is 0 Å². The number of carbonyl (C=O) groups is 2. The van der Waals surface area contributed by atoms with Crippen LogP contribution < -0.4 is 9.64 Å². The van der Waals surface area contributed by atoms with Crippen molar-refractivity contribution in [3.05, 3.63) is 59.9 Å². The zero-order valence-electron chi connectivity index (χ0n) is 20.9. The Hall–Kier alpha value is -3.33. The third-order valence-electron chi connectivity index (χ3n) is 7.86. The second-order valence-electron chi connectivity index (χ2n) is 10.0. The fourth-order valence-corrected chi connectivity index (χ4v) is 5.76. The van der Waals surface area contributed by atoms with Crippen LogP contribution in [0.5, 0.6) is 5.75 Å². The molecule has 8 nitrogen and oxygen atoms in total. The van der Waals surface area contributed by atoms with E-state index >= 15 is 0 Å². The summed E-state index contributed by atoms with van der Waals surface area (Å²) < 4.78 is 20.5. The Morgan fingerprint density at radius 1 is 1.06 bits per heavy atom. The lowest BCUT2D eigenvalue weighted by Gasteiger charge is -2.47. The second-order valence-corrected chi connectivity index (χ2v) is 10.0. The van der Waals surface area contributed by atoms with Gasteiger partial charge in [0.1, 0.15) is 23.7 Å². The van der Waals surface area contributed by atoms with Crippen molar-refractivity contribution in [3.8, 4) is 5.75 Å². The van der Waals surface area contributed by atoms with E-state index in [1.165, 1.54) is 17.7 Å². The van der Waals surface area contributed by atoms with E-state index in [0.29, 0.717) is 5.69 Å². The van der Waals surface area contributed by atoms with Crippen LogP contribution in [0, 0.1) is 5.82 Å². The van der Waals surface area contributed by atoms with Crippen molar-refractivity contribution in [1.82, 2.24) is 9.80 Å². The molecule has 1 saturated carbocycles. The molecule has 2 atom stereocenters. The van der Waals surface area contributed by atoms with Gasteiger partial charge in [-0.2, -0.15) is 0 Å². The van der Waals surface area contributed by atoms with Crippen molar-refractivity contribution in [1.29, 1.82) is 0 Å². The van der Waals surface area contributed by atoms with E-state index in [-0.39, 0.29) is 30.3 Å². The van der Waals surface area contributed by atoms with Gasteiger partial charge in [-0.15, -0.1) is 0 Å². The molecule has 0 bridgehead atoms. The molecule has 2 fully saturated rings. The minimum absolute atomic E-state index is 0.0120. The fourth-order valence-electron chi connectivity index (χ4n) is 5.76. The van der Waals surface area contributed by atoms with Gasteiger partial charge in [0.05, 0.1) is 6.54 Å². The lowest BCUT2D eigenvalue weighted by molar-refractivity contribution is -0.141. The number of anilines is 1. The molecule has 2 aliphatic rings. The van der Waals surface area contributed by atoms with Crippen molar-refractivity contribution >= 4 is 17.7 Å². The maximum absolute atomic E-state index is 14.6. The highest BCUT2D eigenvalue weighted by atomic mass is 19.1. The van der Waals surface area contributed by atoms with Crippen LogP contribution in [0.2, 0.25) is 0 Å². The highest BCUT2D eigenvalue weighted by Crippen LogP contribution is 2.43. The first-order chi connectivity index (χ1) is 17.1. The molecule has 9 heteroatoms. The monoisotopic (exact) mass is 499 g/mol. The van der Waals surface area contributed by atoms with Gasteiger partial charge >= 0.3 is 12.1 Å². The summed E-state index contributed by atoms with van der Waals surface area (Å²) in [5.74, 6) is -1.41. The van der Waals surface area contributed by atoms with Gasteiger partial charge in [-0.25, -0.2) is 14.0 Å². The first-order valence-corrected chi connectivity index (χ1v) is 12.3. The summed E-state index contributed by atoms with van der Waals surface area (Å²) in [5, 5.41) is 18.6. The minimum atomic E-state index is -1.31. The minimum Gasteiger partial charge on any atom is -0.488 e. The Kier molecular flexibility index (Phi) is 7.40. The van der Waals surface area contributed by atoms with E-state index in [0.717, 1.165) is 30.6 Å². The third-order valence-corrected chi connectivity index (χ3v) is 7.86. The molecule has 2 aromatic carbocycles. The number of hydrogen-bond donors (Lipinski definition) is 2. The molecule has 0 radical (unpaired) electrons. The summed E-state index contributed by atoms with van der Waals surface area (Å²) in [7, 11) is 6.20. The van der Waals surface area contributed by atoms with E-state index in [9.17, 15) is 24.2 Å². The Bertz CT molecular complexity index is 1070. The number of amides is 1. The van der Waals surface area contributed by atoms with Crippen LogP contribution in [0.4, 0.5) is 14.9 Å². The number of halogens is 1. The molecule has 1 saturated heterocycles. The Balaban J connectivity index is 1.46.